The van der Waals surface area contributed by atoms with Crippen LogP contribution in [0.2, 0.25) is 5.15 Å². The molecule has 0 N–H and O–H groups in total. The molecule has 9 nitrogen and oxygen atoms in total. The third-order valence-corrected chi connectivity index (χ3v) is 5.45. The fourth-order valence-electron chi connectivity index (χ4n) is 3.98. The zero-order valence-corrected chi connectivity index (χ0v) is 15.8. The van der Waals surface area contributed by atoms with Crippen LogP contribution in [0.5, 0.6) is 0 Å². The summed E-state index contributed by atoms with van der Waals surface area (Å²) in [6.45, 7) is 4.68. The number of hydrogen-bond acceptors (Lipinski definition) is 8. The van der Waals surface area contributed by atoms with Crippen LogP contribution in [0.1, 0.15) is 39.8 Å². The van der Waals surface area contributed by atoms with Gasteiger partial charge in [-0.05, 0) is 12.3 Å². The molecule has 144 valence electrons. The highest BCUT2D eigenvalue weighted by Gasteiger charge is 2.71. The molecule has 2 aromatic rings. The molecule has 4 rings (SSSR count). The minimum Gasteiger partial charge on any atom is -0.455 e. The van der Waals surface area contributed by atoms with Gasteiger partial charge in [0.15, 0.2) is 29.2 Å². The van der Waals surface area contributed by atoms with E-state index in [-0.39, 0.29) is 11.1 Å². The molecule has 5 atom stereocenters. The minimum absolute atomic E-state index is 0.206. The molecule has 1 aliphatic carbocycles. The molecular formula is C17H19ClN4O5. The van der Waals surface area contributed by atoms with Crippen LogP contribution in [0, 0.1) is 5.92 Å². The maximum absolute atomic E-state index is 11.8. The second kappa shape index (κ2) is 6.42. The summed E-state index contributed by atoms with van der Waals surface area (Å²) < 4.78 is 19.1. The first-order valence-electron chi connectivity index (χ1n) is 8.72. The van der Waals surface area contributed by atoms with Crippen molar-refractivity contribution in [2.45, 2.75) is 57.6 Å². The Kier molecular flexibility index (Phi) is 4.31. The first-order chi connectivity index (χ1) is 12.9. The molecule has 0 bridgehead atoms. The lowest BCUT2D eigenvalue weighted by Gasteiger charge is -2.24. The van der Waals surface area contributed by atoms with Crippen LogP contribution in [-0.2, 0) is 23.8 Å². The Hall–Kier alpha value is -2.26. The van der Waals surface area contributed by atoms with Crippen molar-refractivity contribution in [1.29, 1.82) is 0 Å². The van der Waals surface area contributed by atoms with Crippen LogP contribution in [0.4, 0.5) is 0 Å². The molecule has 2 aliphatic rings. The molecule has 3 heterocycles. The molecule has 10 heteroatoms. The number of imidazole rings is 1. The molecule has 1 aliphatic heterocycles. The topological polar surface area (TPSA) is 105 Å². The van der Waals surface area contributed by atoms with Crippen LogP contribution >= 0.6 is 11.6 Å². The number of carbonyl (C=O) groups excluding carboxylic acids is 2. The van der Waals surface area contributed by atoms with Gasteiger partial charge in [0.05, 0.1) is 6.33 Å². The average molecular weight is 395 g/mol. The Morgan fingerprint density at radius 1 is 1.30 bits per heavy atom. The van der Waals surface area contributed by atoms with Crippen molar-refractivity contribution in [3.63, 3.8) is 0 Å². The summed E-state index contributed by atoms with van der Waals surface area (Å²) in [5.41, 5.74) is 0.181. The van der Waals surface area contributed by atoms with Crippen molar-refractivity contribution >= 4 is 34.7 Å². The van der Waals surface area contributed by atoms with Crippen LogP contribution < -0.4 is 0 Å². The number of aromatic nitrogens is 4. The Balaban J connectivity index is 1.79. The van der Waals surface area contributed by atoms with Gasteiger partial charge in [-0.15, -0.1) is 0 Å². The van der Waals surface area contributed by atoms with E-state index in [1.807, 2.05) is 6.92 Å². The molecule has 0 aromatic carbocycles. The molecule has 0 radical (unpaired) electrons. The summed E-state index contributed by atoms with van der Waals surface area (Å²) >= 11 is 6.09. The zero-order valence-electron chi connectivity index (χ0n) is 15.1. The van der Waals surface area contributed by atoms with E-state index in [1.165, 1.54) is 26.5 Å². The molecule has 1 saturated carbocycles. The van der Waals surface area contributed by atoms with Crippen LogP contribution in [0.25, 0.3) is 11.2 Å². The number of esters is 2. The summed E-state index contributed by atoms with van der Waals surface area (Å²) in [5, 5.41) is 0.213. The quantitative estimate of drug-likeness (QED) is 0.573. The Morgan fingerprint density at radius 2 is 2.04 bits per heavy atom. The van der Waals surface area contributed by atoms with Gasteiger partial charge in [-0.1, -0.05) is 24.9 Å². The smallest absolute Gasteiger partial charge is 0.303 e. The number of fused-ring (bicyclic) bond motifs is 1. The number of ether oxygens (including phenoxy) is 3. The largest absolute Gasteiger partial charge is 0.455 e. The fourth-order valence-corrected chi connectivity index (χ4v) is 4.15. The van der Waals surface area contributed by atoms with Crippen molar-refractivity contribution in [2.24, 2.45) is 5.92 Å². The predicted molar refractivity (Wildman–Crippen MR) is 92.7 cm³/mol. The SMILES string of the molecule is CC[C@@H]1C[C@@]12O[C@@H](n1cnc3c(Cl)ncnc31)C(OC(C)=O)[C@H]2OC(C)=O. The van der Waals surface area contributed by atoms with Gasteiger partial charge in [-0.2, -0.15) is 0 Å². The minimum atomic E-state index is -0.825. The number of halogens is 1. The normalized spacial score (nSPS) is 32.0. The van der Waals surface area contributed by atoms with Crippen molar-refractivity contribution in [3.8, 4) is 0 Å². The highest BCUT2D eigenvalue weighted by molar-refractivity contribution is 6.33. The van der Waals surface area contributed by atoms with E-state index in [2.05, 4.69) is 15.0 Å². The van der Waals surface area contributed by atoms with Crippen molar-refractivity contribution in [3.05, 3.63) is 17.8 Å². The maximum atomic E-state index is 11.8. The molecule has 27 heavy (non-hydrogen) atoms. The maximum Gasteiger partial charge on any atom is 0.303 e. The molecule has 1 spiro atoms. The second-order valence-corrected chi connectivity index (χ2v) is 7.22. The van der Waals surface area contributed by atoms with E-state index >= 15 is 0 Å². The Bertz CT molecular complexity index is 918. The summed E-state index contributed by atoms with van der Waals surface area (Å²) in [6, 6.07) is 0. The lowest BCUT2D eigenvalue weighted by atomic mass is 10.1. The molecule has 0 amide bonds. The third kappa shape index (κ3) is 2.85. The number of nitrogens with zero attached hydrogens (tertiary/aromatic N) is 4. The second-order valence-electron chi connectivity index (χ2n) is 6.87. The lowest BCUT2D eigenvalue weighted by Crippen LogP contribution is -2.40. The van der Waals surface area contributed by atoms with Crippen molar-refractivity contribution < 1.29 is 23.8 Å². The number of carbonyl (C=O) groups is 2. The number of rotatable bonds is 4. The van der Waals surface area contributed by atoms with Gasteiger partial charge in [-0.25, -0.2) is 15.0 Å². The van der Waals surface area contributed by atoms with E-state index in [9.17, 15) is 9.59 Å². The van der Waals surface area contributed by atoms with Crippen LogP contribution in [0.3, 0.4) is 0 Å². The molecular weight excluding hydrogens is 376 g/mol. The molecule has 2 aromatic heterocycles. The van der Waals surface area contributed by atoms with E-state index in [1.54, 1.807) is 4.57 Å². The van der Waals surface area contributed by atoms with Crippen molar-refractivity contribution in [2.75, 3.05) is 0 Å². The summed E-state index contributed by atoms with van der Waals surface area (Å²) in [4.78, 5) is 35.9. The van der Waals surface area contributed by atoms with Gasteiger partial charge in [0, 0.05) is 13.8 Å². The van der Waals surface area contributed by atoms with Gasteiger partial charge < -0.3 is 14.2 Å². The molecule has 1 unspecified atom stereocenters. The standard InChI is InChI=1S/C17H19ClN4O5/c1-4-10-5-17(10)13(26-9(3)24)12(25-8(2)23)16(27-17)22-7-21-11-14(18)19-6-20-15(11)22/h6-7,10,12-13,16H,4-5H2,1-3H3/t10-,12?,13-,16-,17-/m1/s1. The Labute approximate surface area is 160 Å². The first-order valence-corrected chi connectivity index (χ1v) is 9.10. The van der Waals surface area contributed by atoms with Gasteiger partial charge in [0.25, 0.3) is 0 Å². The van der Waals surface area contributed by atoms with E-state index in [0.717, 1.165) is 12.8 Å². The highest BCUT2D eigenvalue weighted by atomic mass is 35.5. The summed E-state index contributed by atoms with van der Waals surface area (Å²) in [5.74, 6) is -0.741. The summed E-state index contributed by atoms with van der Waals surface area (Å²) in [6.07, 6.45) is 2.14. The average Bonchev–Trinajstić information content (AvgIpc) is 3.02. The third-order valence-electron chi connectivity index (χ3n) is 5.17. The fraction of sp³-hybridized carbons (Fsp3) is 0.588. The van der Waals surface area contributed by atoms with Gasteiger partial charge in [-0.3, -0.25) is 14.2 Å². The van der Waals surface area contributed by atoms with Crippen molar-refractivity contribution in [1.82, 2.24) is 19.5 Å². The van der Waals surface area contributed by atoms with E-state index < -0.39 is 36.0 Å². The lowest BCUT2D eigenvalue weighted by molar-refractivity contribution is -0.166. The first kappa shape index (κ1) is 18.1. The van der Waals surface area contributed by atoms with Crippen LogP contribution in [-0.4, -0.2) is 49.3 Å². The van der Waals surface area contributed by atoms with E-state index in [4.69, 9.17) is 25.8 Å². The Morgan fingerprint density at radius 3 is 2.67 bits per heavy atom. The number of hydrogen-bond donors (Lipinski definition) is 0. The summed E-state index contributed by atoms with van der Waals surface area (Å²) in [7, 11) is 0. The van der Waals surface area contributed by atoms with E-state index in [0.29, 0.717) is 11.2 Å². The highest BCUT2D eigenvalue weighted by Crippen LogP contribution is 2.60. The van der Waals surface area contributed by atoms with Gasteiger partial charge in [0.1, 0.15) is 17.4 Å². The van der Waals surface area contributed by atoms with Gasteiger partial charge in [0.2, 0.25) is 0 Å². The zero-order chi connectivity index (χ0) is 19.3. The molecule has 2 fully saturated rings. The predicted octanol–water partition coefficient (Wildman–Crippen LogP) is 2.04. The van der Waals surface area contributed by atoms with Gasteiger partial charge >= 0.3 is 11.9 Å². The molecule has 1 saturated heterocycles. The van der Waals surface area contributed by atoms with Crippen LogP contribution in [0.15, 0.2) is 12.7 Å². The monoisotopic (exact) mass is 394 g/mol.